The van der Waals surface area contributed by atoms with Gasteiger partial charge in [0.15, 0.2) is 0 Å². The third-order valence-electron chi connectivity index (χ3n) is 6.14. The smallest absolute Gasteiger partial charge is 0.356 e. The number of carbonyl (C=O) groups excluding carboxylic acids is 1. The number of pyridine rings is 1. The second kappa shape index (κ2) is 8.73. The molecule has 33 heavy (non-hydrogen) atoms. The van der Waals surface area contributed by atoms with E-state index in [1.807, 2.05) is 36.4 Å². The van der Waals surface area contributed by atoms with Crippen molar-refractivity contribution < 1.29 is 19.4 Å². The standard InChI is InChI=1S/C25H23N3O5/c1-32-25(31)20-7-6-15(12-26-20)10-16-11-19-23(18-5-3-2-4-17(16)18)27-14-28(24(19)30)21-8-9-33-13-22(21)29/h2-7,11-12,14,21-22,29H,8-10,13H2,1H3/t21-,22-/m0/s1. The topological polar surface area (TPSA) is 104 Å². The number of hydrogen-bond acceptors (Lipinski definition) is 7. The van der Waals surface area contributed by atoms with Crippen LogP contribution in [0.15, 0.2) is 59.8 Å². The molecule has 1 aliphatic heterocycles. The van der Waals surface area contributed by atoms with Gasteiger partial charge in [-0.3, -0.25) is 9.36 Å². The summed E-state index contributed by atoms with van der Waals surface area (Å²) in [5, 5.41) is 12.8. The minimum absolute atomic E-state index is 0.183. The molecule has 2 aromatic heterocycles. The molecule has 0 unspecified atom stereocenters. The zero-order valence-electron chi connectivity index (χ0n) is 18.1. The number of esters is 1. The van der Waals surface area contributed by atoms with Gasteiger partial charge in [-0.15, -0.1) is 0 Å². The van der Waals surface area contributed by atoms with E-state index in [-0.39, 0.29) is 23.9 Å². The summed E-state index contributed by atoms with van der Waals surface area (Å²) in [7, 11) is 1.32. The molecule has 1 N–H and O–H groups in total. The average molecular weight is 445 g/mol. The van der Waals surface area contributed by atoms with Gasteiger partial charge in [-0.2, -0.15) is 0 Å². The zero-order valence-corrected chi connectivity index (χ0v) is 18.1. The van der Waals surface area contributed by atoms with Crippen molar-refractivity contribution in [2.75, 3.05) is 20.3 Å². The van der Waals surface area contributed by atoms with Gasteiger partial charge in [-0.05, 0) is 41.5 Å². The number of rotatable bonds is 4. The van der Waals surface area contributed by atoms with Crippen molar-refractivity contribution in [1.82, 2.24) is 14.5 Å². The van der Waals surface area contributed by atoms with Crippen LogP contribution < -0.4 is 5.56 Å². The van der Waals surface area contributed by atoms with Crippen LogP contribution in [-0.2, 0) is 15.9 Å². The molecule has 4 aromatic rings. The Kier molecular flexibility index (Phi) is 5.62. The Morgan fingerprint density at radius 1 is 1.18 bits per heavy atom. The minimum Gasteiger partial charge on any atom is -0.464 e. The highest BCUT2D eigenvalue weighted by Crippen LogP contribution is 2.28. The summed E-state index contributed by atoms with van der Waals surface area (Å²) in [6, 6.07) is 12.8. The van der Waals surface area contributed by atoms with Gasteiger partial charge in [-0.1, -0.05) is 30.3 Å². The molecule has 0 spiro atoms. The maximum absolute atomic E-state index is 13.5. The summed E-state index contributed by atoms with van der Waals surface area (Å²) in [4.78, 5) is 34.0. The summed E-state index contributed by atoms with van der Waals surface area (Å²) < 4.78 is 11.6. The molecule has 0 radical (unpaired) electrons. The predicted octanol–water partition coefficient (Wildman–Crippen LogP) is 2.64. The van der Waals surface area contributed by atoms with E-state index in [4.69, 9.17) is 9.47 Å². The van der Waals surface area contributed by atoms with E-state index >= 15 is 0 Å². The van der Waals surface area contributed by atoms with Crippen LogP contribution in [0.2, 0.25) is 0 Å². The highest BCUT2D eigenvalue weighted by Gasteiger charge is 2.27. The molecular weight excluding hydrogens is 422 g/mol. The van der Waals surface area contributed by atoms with Crippen molar-refractivity contribution in [3.05, 3.63) is 82.2 Å². The Morgan fingerprint density at radius 2 is 2.00 bits per heavy atom. The molecule has 2 atom stereocenters. The molecule has 0 aliphatic carbocycles. The van der Waals surface area contributed by atoms with E-state index in [2.05, 4.69) is 9.97 Å². The summed E-state index contributed by atoms with van der Waals surface area (Å²) in [5.74, 6) is -0.486. The van der Waals surface area contributed by atoms with E-state index in [1.165, 1.54) is 18.0 Å². The maximum Gasteiger partial charge on any atom is 0.356 e. The van der Waals surface area contributed by atoms with Gasteiger partial charge in [0.05, 0.1) is 43.1 Å². The molecular formula is C25H23N3O5. The minimum atomic E-state index is -0.755. The molecule has 1 fully saturated rings. The van der Waals surface area contributed by atoms with E-state index in [1.54, 1.807) is 12.3 Å². The molecule has 0 bridgehead atoms. The number of fused-ring (bicyclic) bond motifs is 3. The first-order chi connectivity index (χ1) is 16.1. The van der Waals surface area contributed by atoms with E-state index in [9.17, 15) is 14.7 Å². The molecule has 0 saturated carbocycles. The predicted molar refractivity (Wildman–Crippen MR) is 122 cm³/mol. The second-order valence-corrected chi connectivity index (χ2v) is 8.15. The van der Waals surface area contributed by atoms with Crippen LogP contribution >= 0.6 is 0 Å². The van der Waals surface area contributed by atoms with Gasteiger partial charge in [0.1, 0.15) is 5.69 Å². The molecule has 2 aromatic carbocycles. The molecule has 5 rings (SSSR count). The number of aliphatic hydroxyl groups is 1. The van der Waals surface area contributed by atoms with E-state index < -0.39 is 12.1 Å². The molecule has 8 nitrogen and oxygen atoms in total. The summed E-state index contributed by atoms with van der Waals surface area (Å²) >= 11 is 0. The number of ether oxygens (including phenoxy) is 2. The third kappa shape index (κ3) is 3.88. The fourth-order valence-electron chi connectivity index (χ4n) is 4.44. The molecule has 1 saturated heterocycles. The van der Waals surface area contributed by atoms with E-state index in [0.29, 0.717) is 30.4 Å². The molecule has 168 valence electrons. The van der Waals surface area contributed by atoms with Crippen LogP contribution in [0, 0.1) is 0 Å². The largest absolute Gasteiger partial charge is 0.464 e. The normalized spacial score (nSPS) is 18.5. The van der Waals surface area contributed by atoms with Crippen LogP contribution in [-0.4, -0.2) is 52.0 Å². The zero-order chi connectivity index (χ0) is 22.9. The van der Waals surface area contributed by atoms with Crippen LogP contribution in [0.3, 0.4) is 0 Å². The molecule has 8 heteroatoms. The molecule has 3 heterocycles. The van der Waals surface area contributed by atoms with Crippen molar-refractivity contribution in [2.24, 2.45) is 0 Å². The lowest BCUT2D eigenvalue weighted by Crippen LogP contribution is -2.39. The van der Waals surface area contributed by atoms with Gasteiger partial charge >= 0.3 is 5.97 Å². The number of carbonyl (C=O) groups is 1. The lowest BCUT2D eigenvalue weighted by molar-refractivity contribution is -0.0395. The number of methoxy groups -OCH3 is 1. The van der Waals surface area contributed by atoms with Gasteiger partial charge in [0.2, 0.25) is 0 Å². The monoisotopic (exact) mass is 445 g/mol. The number of nitrogens with zero attached hydrogens (tertiary/aromatic N) is 3. The van der Waals surface area contributed by atoms with Gasteiger partial charge in [0, 0.05) is 18.2 Å². The molecule has 0 amide bonds. The van der Waals surface area contributed by atoms with E-state index in [0.717, 1.165) is 21.9 Å². The highest BCUT2D eigenvalue weighted by atomic mass is 16.5. The Labute approximate surface area is 189 Å². The Balaban J connectivity index is 1.62. The number of benzene rings is 2. The van der Waals surface area contributed by atoms with Crippen molar-refractivity contribution in [1.29, 1.82) is 0 Å². The quantitative estimate of drug-likeness (QED) is 0.380. The van der Waals surface area contributed by atoms with Gasteiger partial charge in [0.25, 0.3) is 5.56 Å². The Morgan fingerprint density at radius 3 is 2.73 bits per heavy atom. The average Bonchev–Trinajstić information content (AvgIpc) is 2.85. The van der Waals surface area contributed by atoms with Crippen molar-refractivity contribution in [3.8, 4) is 0 Å². The summed E-state index contributed by atoms with van der Waals surface area (Å²) in [6.07, 6.45) is 3.50. The highest BCUT2D eigenvalue weighted by molar-refractivity contribution is 6.06. The third-order valence-corrected chi connectivity index (χ3v) is 6.14. The SMILES string of the molecule is COC(=O)c1ccc(Cc2cc3c(=O)n([C@H]4CCOC[C@@H]4O)cnc3c3ccccc23)cn1. The van der Waals surface area contributed by atoms with Crippen LogP contribution in [0.5, 0.6) is 0 Å². The van der Waals surface area contributed by atoms with Gasteiger partial charge in [-0.25, -0.2) is 14.8 Å². The van der Waals surface area contributed by atoms with Crippen LogP contribution in [0.1, 0.15) is 34.1 Å². The summed E-state index contributed by atoms with van der Waals surface area (Å²) in [6.45, 7) is 0.691. The lowest BCUT2D eigenvalue weighted by Gasteiger charge is -2.29. The van der Waals surface area contributed by atoms with Crippen LogP contribution in [0.4, 0.5) is 0 Å². The lowest BCUT2D eigenvalue weighted by atomic mass is 9.96. The number of aromatic nitrogens is 3. The van der Waals surface area contributed by atoms with Crippen LogP contribution in [0.25, 0.3) is 21.7 Å². The Hall–Kier alpha value is -3.62. The van der Waals surface area contributed by atoms with Crippen molar-refractivity contribution >= 4 is 27.6 Å². The first kappa shape index (κ1) is 21.2. The van der Waals surface area contributed by atoms with Gasteiger partial charge < -0.3 is 14.6 Å². The van der Waals surface area contributed by atoms with Crippen molar-refractivity contribution in [2.45, 2.75) is 25.0 Å². The summed E-state index contributed by atoms with van der Waals surface area (Å²) in [5.41, 5.74) is 2.55. The Bertz CT molecular complexity index is 1400. The fourth-order valence-corrected chi connectivity index (χ4v) is 4.44. The second-order valence-electron chi connectivity index (χ2n) is 8.15. The number of hydrogen-bond donors (Lipinski definition) is 1. The van der Waals surface area contributed by atoms with Crippen molar-refractivity contribution in [3.63, 3.8) is 0 Å². The first-order valence-electron chi connectivity index (χ1n) is 10.8. The fraction of sp³-hybridized carbons (Fsp3) is 0.280. The number of aliphatic hydroxyl groups excluding tert-OH is 1. The molecule has 1 aliphatic rings. The first-order valence-corrected chi connectivity index (χ1v) is 10.8. The maximum atomic E-state index is 13.5.